The molecule has 0 atom stereocenters. The number of methoxy groups -OCH3 is 1. The SMILES string of the molecule is COC(=O)c1ccccc1Oc1ccc(N2CCN(Cc3cc(OCCCN4CCCCC4)ccc3Br)CC2)cc1. The van der Waals surface area contributed by atoms with Crippen LogP contribution in [0.1, 0.15) is 41.6 Å². The molecule has 3 aromatic rings. The van der Waals surface area contributed by atoms with Crippen molar-refractivity contribution in [1.82, 2.24) is 9.80 Å². The van der Waals surface area contributed by atoms with Crippen LogP contribution >= 0.6 is 15.9 Å². The molecule has 218 valence electrons. The average Bonchev–Trinajstić information content (AvgIpc) is 3.02. The number of carbonyl (C=O) groups is 1. The number of piperazine rings is 1. The van der Waals surface area contributed by atoms with E-state index in [1.165, 1.54) is 50.7 Å². The molecule has 0 N–H and O–H groups in total. The lowest BCUT2D eigenvalue weighted by Gasteiger charge is -2.36. The van der Waals surface area contributed by atoms with Crippen molar-refractivity contribution in [1.29, 1.82) is 0 Å². The normalized spacial score (nSPS) is 16.4. The van der Waals surface area contributed by atoms with Crippen molar-refractivity contribution in [2.24, 2.45) is 0 Å². The van der Waals surface area contributed by atoms with Crippen molar-refractivity contribution in [3.8, 4) is 17.2 Å². The summed E-state index contributed by atoms with van der Waals surface area (Å²) in [6.45, 7) is 9.14. The van der Waals surface area contributed by atoms with Gasteiger partial charge in [-0.2, -0.15) is 0 Å². The van der Waals surface area contributed by atoms with Crippen LogP contribution in [0.4, 0.5) is 5.69 Å². The van der Waals surface area contributed by atoms with Crippen LogP contribution in [0.25, 0.3) is 0 Å². The third kappa shape index (κ3) is 8.24. The molecule has 3 aromatic carbocycles. The molecule has 2 heterocycles. The Morgan fingerprint density at radius 1 is 0.829 bits per heavy atom. The second-order valence-electron chi connectivity index (χ2n) is 10.7. The van der Waals surface area contributed by atoms with Gasteiger partial charge in [-0.3, -0.25) is 4.90 Å². The summed E-state index contributed by atoms with van der Waals surface area (Å²) in [6, 6.07) is 21.5. The zero-order chi connectivity index (χ0) is 28.4. The summed E-state index contributed by atoms with van der Waals surface area (Å²) in [5.41, 5.74) is 2.84. The first-order valence-corrected chi connectivity index (χ1v) is 15.4. The fourth-order valence-electron chi connectivity index (χ4n) is 5.51. The van der Waals surface area contributed by atoms with Crippen LogP contribution < -0.4 is 14.4 Å². The van der Waals surface area contributed by atoms with Crippen LogP contribution in [0.15, 0.2) is 71.2 Å². The molecule has 0 aliphatic carbocycles. The Morgan fingerprint density at radius 2 is 1.56 bits per heavy atom. The third-order valence-corrected chi connectivity index (χ3v) is 8.62. The number of esters is 1. The van der Waals surface area contributed by atoms with Crippen molar-refractivity contribution in [3.63, 3.8) is 0 Å². The predicted molar refractivity (Wildman–Crippen MR) is 166 cm³/mol. The Bertz CT molecular complexity index is 1270. The molecule has 2 saturated heterocycles. The molecule has 0 bridgehead atoms. The topological polar surface area (TPSA) is 54.5 Å². The van der Waals surface area contributed by atoms with Gasteiger partial charge in [0.25, 0.3) is 0 Å². The standard InChI is InChI=1S/C33H40BrN3O4/c1-39-33(38)30-8-3-4-9-32(30)41-28-12-10-27(11-13-28)37-21-19-36(20-22-37)25-26-24-29(14-15-31(26)34)40-23-7-18-35-16-5-2-6-17-35/h3-4,8-15,24H,2,5-7,16-23,25H2,1H3. The number of hydrogen-bond donors (Lipinski definition) is 0. The van der Waals surface area contributed by atoms with Crippen LogP contribution in [-0.2, 0) is 11.3 Å². The highest BCUT2D eigenvalue weighted by Crippen LogP contribution is 2.29. The zero-order valence-corrected chi connectivity index (χ0v) is 25.5. The lowest BCUT2D eigenvalue weighted by molar-refractivity contribution is 0.0598. The van der Waals surface area contributed by atoms with Crippen LogP contribution in [0, 0.1) is 0 Å². The molecule has 0 radical (unpaired) electrons. The first-order chi connectivity index (χ1) is 20.1. The number of carbonyl (C=O) groups excluding carboxylic acids is 1. The van der Waals surface area contributed by atoms with Crippen molar-refractivity contribution >= 4 is 27.6 Å². The fraction of sp³-hybridized carbons (Fsp3) is 0.424. The van der Waals surface area contributed by atoms with Crippen LogP contribution in [0.5, 0.6) is 17.2 Å². The Morgan fingerprint density at radius 3 is 2.32 bits per heavy atom. The number of hydrogen-bond acceptors (Lipinski definition) is 7. The minimum absolute atomic E-state index is 0.409. The number of piperidine rings is 1. The van der Waals surface area contributed by atoms with Gasteiger partial charge in [-0.05, 0) is 92.5 Å². The first-order valence-electron chi connectivity index (χ1n) is 14.7. The number of nitrogens with zero attached hydrogens (tertiary/aromatic N) is 3. The molecule has 2 aliphatic heterocycles. The number of para-hydroxylation sites is 1. The van der Waals surface area contributed by atoms with Gasteiger partial charge in [-0.25, -0.2) is 4.79 Å². The molecule has 2 fully saturated rings. The molecule has 8 heteroatoms. The minimum Gasteiger partial charge on any atom is -0.494 e. The van der Waals surface area contributed by atoms with Gasteiger partial charge >= 0.3 is 5.97 Å². The van der Waals surface area contributed by atoms with Gasteiger partial charge < -0.3 is 24.0 Å². The van der Waals surface area contributed by atoms with Crippen LogP contribution in [0.3, 0.4) is 0 Å². The van der Waals surface area contributed by atoms with Gasteiger partial charge in [-0.1, -0.05) is 34.5 Å². The molecule has 41 heavy (non-hydrogen) atoms. The summed E-state index contributed by atoms with van der Waals surface area (Å²) in [7, 11) is 1.37. The second kappa shape index (κ2) is 14.7. The summed E-state index contributed by atoms with van der Waals surface area (Å²) in [5.74, 6) is 1.71. The number of rotatable bonds is 11. The maximum absolute atomic E-state index is 12.0. The molecule has 7 nitrogen and oxygen atoms in total. The van der Waals surface area contributed by atoms with E-state index in [0.29, 0.717) is 17.1 Å². The van der Waals surface area contributed by atoms with E-state index < -0.39 is 5.97 Å². The van der Waals surface area contributed by atoms with Gasteiger partial charge in [0.1, 0.15) is 22.8 Å². The van der Waals surface area contributed by atoms with Gasteiger partial charge in [0.05, 0.1) is 13.7 Å². The number of ether oxygens (including phenoxy) is 3. The summed E-state index contributed by atoms with van der Waals surface area (Å²) < 4.78 is 18.1. The highest BCUT2D eigenvalue weighted by molar-refractivity contribution is 9.10. The number of likely N-dealkylation sites (tertiary alicyclic amines) is 1. The summed E-state index contributed by atoms with van der Waals surface area (Å²) in [6.07, 6.45) is 5.12. The Kier molecular flexibility index (Phi) is 10.6. The largest absolute Gasteiger partial charge is 0.494 e. The molecule has 0 unspecified atom stereocenters. The van der Waals surface area contributed by atoms with E-state index in [9.17, 15) is 4.79 Å². The Labute approximate surface area is 252 Å². The van der Waals surface area contributed by atoms with Crippen molar-refractivity contribution in [3.05, 3.63) is 82.3 Å². The first kappa shape index (κ1) is 29.4. The van der Waals surface area contributed by atoms with Crippen LogP contribution in [0.2, 0.25) is 0 Å². The molecule has 0 aromatic heterocycles. The number of anilines is 1. The maximum atomic E-state index is 12.0. The van der Waals surface area contributed by atoms with E-state index >= 15 is 0 Å². The quantitative estimate of drug-likeness (QED) is 0.176. The molecule has 0 saturated carbocycles. The summed E-state index contributed by atoms with van der Waals surface area (Å²) in [4.78, 5) is 19.5. The smallest absolute Gasteiger partial charge is 0.341 e. The molecule has 0 amide bonds. The maximum Gasteiger partial charge on any atom is 0.341 e. The van der Waals surface area contributed by atoms with Crippen molar-refractivity contribution in [2.75, 3.05) is 64.4 Å². The monoisotopic (exact) mass is 621 g/mol. The molecule has 2 aliphatic rings. The van der Waals surface area contributed by atoms with Crippen molar-refractivity contribution in [2.45, 2.75) is 32.2 Å². The molecule has 5 rings (SSSR count). The Hall–Kier alpha value is -3.07. The van der Waals surface area contributed by atoms with Gasteiger partial charge in [-0.15, -0.1) is 0 Å². The van der Waals surface area contributed by atoms with Gasteiger partial charge in [0.2, 0.25) is 0 Å². The highest BCUT2D eigenvalue weighted by atomic mass is 79.9. The minimum atomic E-state index is -0.412. The second-order valence-corrected chi connectivity index (χ2v) is 11.6. The van der Waals surface area contributed by atoms with Crippen molar-refractivity contribution < 1.29 is 19.0 Å². The van der Waals surface area contributed by atoms with Gasteiger partial charge in [0.15, 0.2) is 0 Å². The summed E-state index contributed by atoms with van der Waals surface area (Å²) >= 11 is 3.75. The van der Waals surface area contributed by atoms with Crippen LogP contribution in [-0.4, -0.2) is 75.3 Å². The van der Waals surface area contributed by atoms with E-state index in [4.69, 9.17) is 14.2 Å². The number of halogens is 1. The number of benzene rings is 3. The lowest BCUT2D eigenvalue weighted by Crippen LogP contribution is -2.46. The lowest BCUT2D eigenvalue weighted by atomic mass is 10.1. The van der Waals surface area contributed by atoms with Gasteiger partial charge in [0, 0.05) is 49.4 Å². The zero-order valence-electron chi connectivity index (χ0n) is 23.9. The Balaban J connectivity index is 1.09. The van der Waals surface area contributed by atoms with E-state index in [-0.39, 0.29) is 0 Å². The third-order valence-electron chi connectivity index (χ3n) is 7.84. The average molecular weight is 623 g/mol. The van der Waals surface area contributed by atoms with E-state index in [2.05, 4.69) is 61.0 Å². The summed E-state index contributed by atoms with van der Waals surface area (Å²) in [5, 5.41) is 0. The fourth-order valence-corrected chi connectivity index (χ4v) is 5.89. The highest BCUT2D eigenvalue weighted by Gasteiger charge is 2.19. The molecular weight excluding hydrogens is 582 g/mol. The molecular formula is C33H40BrN3O4. The predicted octanol–water partition coefficient (Wildman–Crippen LogP) is 6.61. The molecule has 0 spiro atoms. The van der Waals surface area contributed by atoms with E-state index in [1.54, 1.807) is 18.2 Å². The van der Waals surface area contributed by atoms with E-state index in [0.717, 1.165) is 62.5 Å². The van der Waals surface area contributed by atoms with E-state index in [1.807, 2.05) is 18.2 Å².